The Morgan fingerprint density at radius 3 is 2.56 bits per heavy atom. The van der Waals surface area contributed by atoms with Crippen LogP contribution in [0.5, 0.6) is 0 Å². The summed E-state index contributed by atoms with van der Waals surface area (Å²) in [6, 6.07) is 12.5. The number of benzene rings is 1. The number of hydrogen-bond acceptors (Lipinski definition) is 3. The highest BCUT2D eigenvalue weighted by atomic mass is 16.3. The predicted octanol–water partition coefficient (Wildman–Crippen LogP) is 2.17. The maximum absolute atomic E-state index is 11.6. The fraction of sp³-hybridized carbons (Fsp3) is 0.143. The van der Waals surface area contributed by atoms with Crippen LogP contribution in [0.4, 0.5) is 5.69 Å². The minimum absolute atomic E-state index is 0.0576. The van der Waals surface area contributed by atoms with E-state index < -0.39 is 0 Å². The molecule has 0 saturated heterocycles. The quantitative estimate of drug-likeness (QED) is 0.865. The lowest BCUT2D eigenvalue weighted by Crippen LogP contribution is -2.15. The van der Waals surface area contributed by atoms with Gasteiger partial charge < -0.3 is 10.4 Å². The van der Waals surface area contributed by atoms with Gasteiger partial charge >= 0.3 is 0 Å². The maximum atomic E-state index is 11.6. The average molecular weight is 243 g/mol. The fourth-order valence-corrected chi connectivity index (χ4v) is 1.61. The van der Waals surface area contributed by atoms with Crippen LogP contribution < -0.4 is 10.9 Å². The molecule has 0 unspecified atom stereocenters. The van der Waals surface area contributed by atoms with E-state index in [0.717, 1.165) is 11.4 Å². The van der Waals surface area contributed by atoms with Gasteiger partial charge in [-0.15, -0.1) is 0 Å². The van der Waals surface area contributed by atoms with Crippen molar-refractivity contribution in [2.75, 3.05) is 11.9 Å². The van der Waals surface area contributed by atoms with E-state index in [9.17, 15) is 4.79 Å². The Morgan fingerprint density at radius 2 is 1.94 bits per heavy atom. The number of aromatic nitrogens is 1. The van der Waals surface area contributed by atoms with Gasteiger partial charge in [0.25, 0.3) is 5.56 Å². The number of anilines is 1. The molecule has 0 bridgehead atoms. The fourth-order valence-electron chi connectivity index (χ4n) is 1.61. The first-order valence-electron chi connectivity index (χ1n) is 5.70. The average Bonchev–Trinajstić information content (AvgIpc) is 2.38. The van der Waals surface area contributed by atoms with E-state index in [-0.39, 0.29) is 5.56 Å². The van der Waals surface area contributed by atoms with Gasteiger partial charge in [-0.3, -0.25) is 9.36 Å². The summed E-state index contributed by atoms with van der Waals surface area (Å²) in [7, 11) is 0. The summed E-state index contributed by atoms with van der Waals surface area (Å²) in [5.74, 6) is 0. The smallest absolute Gasteiger partial charge is 0.255 e. The van der Waals surface area contributed by atoms with Gasteiger partial charge in [0, 0.05) is 30.2 Å². The lowest BCUT2D eigenvalue weighted by atomic mass is 10.2. The van der Waals surface area contributed by atoms with Gasteiger partial charge in [-0.05, 0) is 37.3 Å². The van der Waals surface area contributed by atoms with Crippen LogP contribution in [0.25, 0.3) is 5.69 Å². The van der Waals surface area contributed by atoms with Crippen molar-refractivity contribution in [3.8, 4) is 5.69 Å². The summed E-state index contributed by atoms with van der Waals surface area (Å²) in [6.07, 6.45) is 2.06. The van der Waals surface area contributed by atoms with E-state index in [1.165, 1.54) is 6.07 Å². The first kappa shape index (κ1) is 12.4. The second-order valence-corrected chi connectivity index (χ2v) is 4.04. The molecule has 0 aliphatic carbocycles. The van der Waals surface area contributed by atoms with Crippen LogP contribution in [0, 0.1) is 6.10 Å². The molecule has 2 N–H and O–H groups in total. The summed E-state index contributed by atoms with van der Waals surface area (Å²) in [4.78, 5) is 11.6. The zero-order valence-corrected chi connectivity index (χ0v) is 10.1. The topological polar surface area (TPSA) is 54.3 Å². The molecule has 0 amide bonds. The van der Waals surface area contributed by atoms with Gasteiger partial charge in [-0.25, -0.2) is 0 Å². The van der Waals surface area contributed by atoms with Crippen LogP contribution in [0.2, 0.25) is 0 Å². The Labute approximate surface area is 106 Å². The van der Waals surface area contributed by atoms with Crippen molar-refractivity contribution in [3.05, 3.63) is 65.1 Å². The van der Waals surface area contributed by atoms with Gasteiger partial charge in [0.2, 0.25) is 0 Å². The third-order valence-corrected chi connectivity index (χ3v) is 2.52. The zero-order chi connectivity index (χ0) is 13.0. The Bertz CT molecular complexity index is 559. The standard InChI is InChI=1S/C14H15N2O2/c1-11(17)10-15-12-5-7-13(8-6-12)16-9-3-2-4-14(16)18/h2-9,15,17H,10H2,1H3. The number of aliphatic hydroxyl groups is 1. The second kappa shape index (κ2) is 5.51. The Morgan fingerprint density at radius 1 is 1.22 bits per heavy atom. The highest BCUT2D eigenvalue weighted by Gasteiger charge is 2.00. The van der Waals surface area contributed by atoms with Crippen molar-refractivity contribution in [3.63, 3.8) is 0 Å². The lowest BCUT2D eigenvalue weighted by Gasteiger charge is -2.09. The minimum Gasteiger partial charge on any atom is -0.385 e. The molecule has 0 fully saturated rings. The molecule has 0 atom stereocenters. The van der Waals surface area contributed by atoms with E-state index in [1.807, 2.05) is 30.3 Å². The Balaban J connectivity index is 2.18. The van der Waals surface area contributed by atoms with Crippen LogP contribution in [0.15, 0.2) is 53.5 Å². The highest BCUT2D eigenvalue weighted by molar-refractivity contribution is 5.49. The summed E-state index contributed by atoms with van der Waals surface area (Å²) in [5, 5.41) is 12.2. The lowest BCUT2D eigenvalue weighted by molar-refractivity contribution is 0.318. The third kappa shape index (κ3) is 2.99. The van der Waals surface area contributed by atoms with Crippen molar-refractivity contribution >= 4 is 5.69 Å². The van der Waals surface area contributed by atoms with Crippen LogP contribution in [-0.2, 0) is 0 Å². The molecular weight excluding hydrogens is 228 g/mol. The molecule has 0 aliphatic heterocycles. The Kier molecular flexibility index (Phi) is 3.79. The number of hydrogen-bond donors (Lipinski definition) is 2. The number of rotatable bonds is 4. The molecular formula is C14H15N2O2. The molecule has 2 aromatic rings. The van der Waals surface area contributed by atoms with Crippen LogP contribution >= 0.6 is 0 Å². The number of pyridine rings is 1. The summed E-state index contributed by atoms with van der Waals surface area (Å²) in [5.41, 5.74) is 1.66. The maximum Gasteiger partial charge on any atom is 0.255 e. The Hall–Kier alpha value is -2.07. The minimum atomic E-state index is -0.0576. The van der Waals surface area contributed by atoms with Gasteiger partial charge in [0.15, 0.2) is 0 Å². The van der Waals surface area contributed by atoms with E-state index in [0.29, 0.717) is 12.6 Å². The normalized spacial score (nSPS) is 10.6. The van der Waals surface area contributed by atoms with Gasteiger partial charge in [0.1, 0.15) is 6.10 Å². The molecule has 93 valence electrons. The van der Waals surface area contributed by atoms with Gasteiger partial charge in [-0.2, -0.15) is 0 Å². The summed E-state index contributed by atoms with van der Waals surface area (Å²) >= 11 is 0. The van der Waals surface area contributed by atoms with Crippen LogP contribution in [0.3, 0.4) is 0 Å². The molecule has 0 aliphatic rings. The van der Waals surface area contributed by atoms with Gasteiger partial charge in [0.05, 0.1) is 0 Å². The van der Waals surface area contributed by atoms with Crippen molar-refractivity contribution < 1.29 is 5.11 Å². The number of aliphatic hydroxyl groups excluding tert-OH is 1. The molecule has 2 rings (SSSR count). The molecule has 4 nitrogen and oxygen atoms in total. The van der Waals surface area contributed by atoms with E-state index in [4.69, 9.17) is 5.11 Å². The highest BCUT2D eigenvalue weighted by Crippen LogP contribution is 2.12. The number of nitrogens with zero attached hydrogens (tertiary/aromatic N) is 1. The molecule has 1 radical (unpaired) electrons. The van der Waals surface area contributed by atoms with Crippen LogP contribution in [0.1, 0.15) is 6.92 Å². The van der Waals surface area contributed by atoms with Crippen molar-refractivity contribution in [2.24, 2.45) is 0 Å². The molecule has 1 heterocycles. The SMILES string of the molecule is C[C](O)CNc1ccc(-n2ccccc2=O)cc1. The molecule has 0 saturated carbocycles. The van der Waals surface area contributed by atoms with Crippen molar-refractivity contribution in [2.45, 2.75) is 6.92 Å². The molecule has 1 aromatic heterocycles. The molecule has 18 heavy (non-hydrogen) atoms. The largest absolute Gasteiger partial charge is 0.385 e. The first-order valence-corrected chi connectivity index (χ1v) is 5.70. The summed E-state index contributed by atoms with van der Waals surface area (Å²) in [6.45, 7) is 2.07. The van der Waals surface area contributed by atoms with Crippen molar-refractivity contribution in [1.82, 2.24) is 4.57 Å². The van der Waals surface area contributed by atoms with Crippen molar-refractivity contribution in [1.29, 1.82) is 0 Å². The number of nitrogens with one attached hydrogen (secondary N) is 1. The summed E-state index contributed by atoms with van der Waals surface area (Å²) < 4.78 is 1.58. The van der Waals surface area contributed by atoms with Gasteiger partial charge in [-0.1, -0.05) is 6.07 Å². The molecule has 0 spiro atoms. The predicted molar refractivity (Wildman–Crippen MR) is 71.4 cm³/mol. The van der Waals surface area contributed by atoms with Crippen LogP contribution in [-0.4, -0.2) is 16.2 Å². The van der Waals surface area contributed by atoms with E-state index in [2.05, 4.69) is 5.32 Å². The molecule has 4 heteroatoms. The van der Waals surface area contributed by atoms with E-state index in [1.54, 1.807) is 23.8 Å². The first-order chi connectivity index (χ1) is 8.66. The second-order valence-electron chi connectivity index (χ2n) is 4.04. The third-order valence-electron chi connectivity index (χ3n) is 2.52. The van der Waals surface area contributed by atoms with E-state index >= 15 is 0 Å². The monoisotopic (exact) mass is 243 g/mol. The molecule has 1 aromatic carbocycles. The zero-order valence-electron chi connectivity index (χ0n) is 10.1.